The van der Waals surface area contributed by atoms with E-state index in [0.29, 0.717) is 23.5 Å². The fraction of sp³-hybridized carbons (Fsp3) is 0.645. The van der Waals surface area contributed by atoms with Crippen molar-refractivity contribution in [1.82, 2.24) is 19.5 Å². The first-order chi connectivity index (χ1) is 20.7. The van der Waals surface area contributed by atoms with E-state index in [1.54, 1.807) is 10.9 Å². The maximum absolute atomic E-state index is 12.4. The Labute approximate surface area is 264 Å². The van der Waals surface area contributed by atoms with Gasteiger partial charge in [-0.3, -0.25) is 4.57 Å². The molecule has 3 N–H and O–H groups in total. The van der Waals surface area contributed by atoms with E-state index in [2.05, 4.69) is 57.8 Å². The van der Waals surface area contributed by atoms with Gasteiger partial charge in [0.1, 0.15) is 18.2 Å². The molecule has 0 saturated heterocycles. The molecule has 0 radical (unpaired) electrons. The van der Waals surface area contributed by atoms with Crippen LogP contribution in [-0.4, -0.2) is 73.2 Å². The van der Waals surface area contributed by atoms with Crippen molar-refractivity contribution in [3.05, 3.63) is 43.0 Å². The second-order valence-corrected chi connectivity index (χ2v) is 18.6. The molecule has 9 nitrogen and oxygen atoms in total. The number of imidazole rings is 1. The minimum absolute atomic E-state index is 0.256. The first-order valence-corrected chi connectivity index (χ1v) is 21.0. The smallest absolute Gasteiger partial charge is 0.353 e. The molecular weight excluding hydrogens is 601 g/mol. The number of aromatic nitrogens is 4. The molecule has 3 rings (SSSR count). The Bertz CT molecular complexity index is 1250. The van der Waals surface area contributed by atoms with Crippen LogP contribution in [0.2, 0.25) is 0 Å². The number of hydrogen-bond acceptors (Lipinski definition) is 8. The summed E-state index contributed by atoms with van der Waals surface area (Å²) >= 11 is 1.90. The molecule has 0 aliphatic carbocycles. The minimum Gasteiger partial charge on any atom is -0.382 e. The van der Waals surface area contributed by atoms with Crippen LogP contribution in [0.15, 0.2) is 47.9 Å². The highest BCUT2D eigenvalue weighted by molar-refractivity contribution is 8.32. The van der Waals surface area contributed by atoms with Crippen LogP contribution in [0.25, 0.3) is 11.2 Å². The molecule has 242 valence electrons. The number of rotatable bonds is 23. The normalized spacial score (nSPS) is 14.6. The van der Waals surface area contributed by atoms with Crippen molar-refractivity contribution in [3.63, 3.8) is 0 Å². The van der Waals surface area contributed by atoms with Crippen molar-refractivity contribution in [2.45, 2.75) is 88.7 Å². The molecule has 0 fully saturated rings. The van der Waals surface area contributed by atoms with Gasteiger partial charge in [0.05, 0.1) is 25.6 Å². The lowest BCUT2D eigenvalue weighted by Crippen LogP contribution is -2.17. The van der Waals surface area contributed by atoms with E-state index in [-0.39, 0.29) is 19.1 Å². The molecule has 0 aliphatic rings. The Hall–Kier alpha value is -1.62. The number of nitrogens with two attached hydrogens (primary N) is 1. The largest absolute Gasteiger partial charge is 0.382 e. The maximum atomic E-state index is 12.4. The standard InChI is InChI=1S/C31H52N5O4PS2/c1-27(23-36-25-35-29-30(32)33-24-34-31(29)36)39-26-41(37,38)40-19-16-21-42-20-14-9-7-5-4-6-8-10-15-22-43(2,3)28-17-12-11-13-18-28/h11-13,17-18,24-25,27H,4-10,14-16,19-23,26H2,1-3H3,(H,37,38)(H2,32,33,34)/t27-/m1/s1. The summed E-state index contributed by atoms with van der Waals surface area (Å²) in [4.78, 5) is 24.0. The molecule has 0 bridgehead atoms. The fourth-order valence-electron chi connectivity index (χ4n) is 4.90. The van der Waals surface area contributed by atoms with E-state index in [1.165, 1.54) is 74.8 Å². The molecule has 43 heavy (non-hydrogen) atoms. The van der Waals surface area contributed by atoms with Crippen molar-refractivity contribution in [2.24, 2.45) is 0 Å². The van der Waals surface area contributed by atoms with Crippen molar-refractivity contribution in [1.29, 1.82) is 0 Å². The van der Waals surface area contributed by atoms with E-state index < -0.39 is 17.6 Å². The Morgan fingerprint density at radius 3 is 2.33 bits per heavy atom. The third-order valence-corrected chi connectivity index (χ3v) is 12.5. The van der Waals surface area contributed by atoms with Gasteiger partial charge in [0.2, 0.25) is 0 Å². The molecule has 2 aromatic heterocycles. The average molecular weight is 654 g/mol. The Morgan fingerprint density at radius 1 is 0.953 bits per heavy atom. The summed E-state index contributed by atoms with van der Waals surface area (Å²) in [5.41, 5.74) is 6.95. The van der Waals surface area contributed by atoms with Gasteiger partial charge in [-0.05, 0) is 60.9 Å². The molecular formula is C31H52N5O4PS2. The summed E-state index contributed by atoms with van der Waals surface area (Å²) in [5, 5.41) is 0. The van der Waals surface area contributed by atoms with Gasteiger partial charge in [-0.15, -0.1) is 0 Å². The van der Waals surface area contributed by atoms with Gasteiger partial charge in [-0.25, -0.2) is 25.0 Å². The van der Waals surface area contributed by atoms with E-state index >= 15 is 0 Å². The highest BCUT2D eigenvalue weighted by Gasteiger charge is 2.21. The van der Waals surface area contributed by atoms with Crippen LogP contribution < -0.4 is 5.73 Å². The zero-order valence-electron chi connectivity index (χ0n) is 26.2. The maximum Gasteiger partial charge on any atom is 0.353 e. The quantitative estimate of drug-likeness (QED) is 0.0781. The predicted octanol–water partition coefficient (Wildman–Crippen LogP) is 7.73. The molecule has 2 heterocycles. The highest BCUT2D eigenvalue weighted by Crippen LogP contribution is 2.49. The lowest BCUT2D eigenvalue weighted by molar-refractivity contribution is 0.0718. The van der Waals surface area contributed by atoms with Crippen molar-refractivity contribution in [2.75, 3.05) is 48.5 Å². The topological polar surface area (TPSA) is 125 Å². The summed E-state index contributed by atoms with van der Waals surface area (Å²) < 4.78 is 25.0. The summed E-state index contributed by atoms with van der Waals surface area (Å²) in [6.45, 7) is 2.49. The van der Waals surface area contributed by atoms with E-state index in [1.807, 2.05) is 18.7 Å². The molecule has 0 spiro atoms. The SMILES string of the molecule is C[C@H](Cn1cnc2c(N)ncnc21)OCP(=O)(O)OCCCSCCCCCCCCCCCS(C)(C)c1ccccc1. The first kappa shape index (κ1) is 35.9. The molecule has 3 aromatic rings. The first-order valence-electron chi connectivity index (χ1n) is 15.5. The highest BCUT2D eigenvalue weighted by atomic mass is 32.3. The van der Waals surface area contributed by atoms with Crippen LogP contribution >= 0.6 is 29.4 Å². The van der Waals surface area contributed by atoms with Crippen LogP contribution in [0.1, 0.15) is 71.1 Å². The number of unbranched alkanes of at least 4 members (excludes halogenated alkanes) is 8. The number of fused-ring (bicyclic) bond motifs is 1. The third-order valence-electron chi connectivity index (χ3n) is 7.46. The molecule has 2 atom stereocenters. The van der Waals surface area contributed by atoms with Crippen molar-refractivity contribution < 1.29 is 18.7 Å². The minimum atomic E-state index is -3.80. The Kier molecular flexibility index (Phi) is 15.9. The lowest BCUT2D eigenvalue weighted by atomic mass is 10.1. The fourth-order valence-corrected chi connectivity index (χ4v) is 8.82. The van der Waals surface area contributed by atoms with Crippen LogP contribution in [-0.2, 0) is 20.4 Å². The number of nitrogen functional groups attached to an aromatic ring is 1. The number of thioether (sulfide) groups is 1. The molecule has 1 aromatic carbocycles. The van der Waals surface area contributed by atoms with Crippen LogP contribution in [0.3, 0.4) is 0 Å². The van der Waals surface area contributed by atoms with Crippen molar-refractivity contribution >= 4 is 46.4 Å². The zero-order chi connectivity index (χ0) is 31.0. The molecule has 1 unspecified atom stereocenters. The lowest BCUT2D eigenvalue weighted by Gasteiger charge is -2.31. The van der Waals surface area contributed by atoms with Gasteiger partial charge >= 0.3 is 7.60 Å². The van der Waals surface area contributed by atoms with Crippen LogP contribution in [0, 0.1) is 0 Å². The average Bonchev–Trinajstić information content (AvgIpc) is 3.40. The monoisotopic (exact) mass is 653 g/mol. The van der Waals surface area contributed by atoms with E-state index in [0.717, 1.165) is 17.9 Å². The predicted molar refractivity (Wildman–Crippen MR) is 183 cm³/mol. The second-order valence-electron chi connectivity index (χ2n) is 11.6. The molecule has 0 aliphatic heterocycles. The number of nitrogens with zero attached hydrogens (tertiary/aromatic N) is 4. The van der Waals surface area contributed by atoms with Crippen molar-refractivity contribution in [3.8, 4) is 0 Å². The zero-order valence-corrected chi connectivity index (χ0v) is 28.8. The second kappa shape index (κ2) is 19.0. The van der Waals surface area contributed by atoms with Gasteiger partial charge in [0.25, 0.3) is 0 Å². The van der Waals surface area contributed by atoms with Gasteiger partial charge in [-0.1, -0.05) is 75.3 Å². The number of ether oxygens (including phenoxy) is 1. The molecule has 0 amide bonds. The van der Waals surface area contributed by atoms with Gasteiger partial charge in [0.15, 0.2) is 11.5 Å². The Balaban J connectivity index is 1.10. The molecule has 0 saturated carbocycles. The number of hydrogen-bond donors (Lipinski definition) is 2. The summed E-state index contributed by atoms with van der Waals surface area (Å²) in [7, 11) is -4.45. The van der Waals surface area contributed by atoms with Crippen LogP contribution in [0.4, 0.5) is 5.82 Å². The van der Waals surface area contributed by atoms with E-state index in [9.17, 15) is 9.46 Å². The number of benzene rings is 1. The Morgan fingerprint density at radius 2 is 1.60 bits per heavy atom. The van der Waals surface area contributed by atoms with Gasteiger partial charge in [0, 0.05) is 0 Å². The van der Waals surface area contributed by atoms with Crippen LogP contribution in [0.5, 0.6) is 0 Å². The van der Waals surface area contributed by atoms with Gasteiger partial charge in [-0.2, -0.15) is 11.8 Å². The molecule has 12 heteroatoms. The summed E-state index contributed by atoms with van der Waals surface area (Å²) in [5.74, 6) is 3.72. The number of anilines is 1. The van der Waals surface area contributed by atoms with E-state index in [4.69, 9.17) is 15.0 Å². The summed E-state index contributed by atoms with van der Waals surface area (Å²) in [6.07, 6.45) is 19.9. The summed E-state index contributed by atoms with van der Waals surface area (Å²) in [6, 6.07) is 11.0. The van der Waals surface area contributed by atoms with Gasteiger partial charge < -0.3 is 24.5 Å². The third kappa shape index (κ3) is 13.5.